The Labute approximate surface area is 153 Å². The van der Waals surface area contributed by atoms with E-state index in [4.69, 9.17) is 9.47 Å². The van der Waals surface area contributed by atoms with Crippen molar-refractivity contribution in [3.05, 3.63) is 59.4 Å². The van der Waals surface area contributed by atoms with Gasteiger partial charge in [0, 0.05) is 36.8 Å². The van der Waals surface area contributed by atoms with Crippen LogP contribution in [0.4, 0.5) is 4.39 Å². The molecule has 2 aromatic rings. The van der Waals surface area contributed by atoms with Crippen molar-refractivity contribution in [2.75, 3.05) is 41.4 Å². The molecule has 0 saturated carbocycles. The molecule has 0 unspecified atom stereocenters. The third-order valence-electron chi connectivity index (χ3n) is 4.02. The maximum absolute atomic E-state index is 14.1. The maximum Gasteiger partial charge on any atom is 0.254 e. The van der Waals surface area contributed by atoms with Gasteiger partial charge in [0.25, 0.3) is 5.91 Å². The van der Waals surface area contributed by atoms with Crippen LogP contribution in [0.5, 0.6) is 11.5 Å². The lowest BCUT2D eigenvalue weighted by Crippen LogP contribution is -2.36. The first-order chi connectivity index (χ1) is 12.4. The molecule has 26 heavy (non-hydrogen) atoms. The van der Waals surface area contributed by atoms with Crippen LogP contribution in [0.15, 0.2) is 42.5 Å². The minimum Gasteiger partial charge on any atom is -0.497 e. The fourth-order valence-electron chi connectivity index (χ4n) is 2.52. The quantitative estimate of drug-likeness (QED) is 0.726. The standard InChI is InChI=1S/C20H25FN2O3/c1-22(2)9-10-23(14-15-7-5-6-8-19(15)21)20(24)16-11-17(25-3)13-18(12-16)26-4/h5-8,11-13H,9-10,14H2,1-4H3. The number of halogens is 1. The Balaban J connectivity index is 2.31. The van der Waals surface area contributed by atoms with Crippen LogP contribution >= 0.6 is 0 Å². The van der Waals surface area contributed by atoms with Crippen molar-refractivity contribution in [3.63, 3.8) is 0 Å². The van der Waals surface area contributed by atoms with E-state index < -0.39 is 0 Å². The van der Waals surface area contributed by atoms with E-state index in [1.807, 2.05) is 19.0 Å². The smallest absolute Gasteiger partial charge is 0.254 e. The third kappa shape index (κ3) is 5.20. The van der Waals surface area contributed by atoms with Crippen molar-refractivity contribution < 1.29 is 18.7 Å². The molecule has 2 rings (SSSR count). The second kappa shape index (κ2) is 9.20. The van der Waals surface area contributed by atoms with E-state index >= 15 is 0 Å². The summed E-state index contributed by atoms with van der Waals surface area (Å²) in [6.45, 7) is 1.33. The van der Waals surface area contributed by atoms with Gasteiger partial charge in [0.15, 0.2) is 0 Å². The predicted octanol–water partition coefficient (Wildman–Crippen LogP) is 3.05. The number of nitrogens with zero attached hydrogens (tertiary/aromatic N) is 2. The Hall–Kier alpha value is -2.60. The van der Waals surface area contributed by atoms with Gasteiger partial charge < -0.3 is 19.3 Å². The average molecular weight is 360 g/mol. The van der Waals surface area contributed by atoms with E-state index in [0.29, 0.717) is 35.7 Å². The zero-order valence-corrected chi connectivity index (χ0v) is 15.7. The molecule has 0 radical (unpaired) electrons. The maximum atomic E-state index is 14.1. The summed E-state index contributed by atoms with van der Waals surface area (Å²) < 4.78 is 24.6. The third-order valence-corrected chi connectivity index (χ3v) is 4.02. The van der Waals surface area contributed by atoms with E-state index in [0.717, 1.165) is 0 Å². The normalized spacial score (nSPS) is 10.7. The molecule has 1 amide bonds. The number of carbonyl (C=O) groups excluding carboxylic acids is 1. The molecule has 0 atom stereocenters. The molecule has 6 heteroatoms. The van der Waals surface area contributed by atoms with E-state index in [2.05, 4.69) is 0 Å². The molecule has 0 heterocycles. The Morgan fingerprint density at radius 1 is 1.00 bits per heavy atom. The zero-order chi connectivity index (χ0) is 19.1. The molecule has 0 bridgehead atoms. The molecule has 0 aliphatic heterocycles. The van der Waals surface area contributed by atoms with E-state index in [9.17, 15) is 9.18 Å². The van der Waals surface area contributed by atoms with Crippen LogP contribution in [-0.4, -0.2) is 57.1 Å². The molecular weight excluding hydrogens is 335 g/mol. The number of hydrogen-bond donors (Lipinski definition) is 0. The van der Waals surface area contributed by atoms with Gasteiger partial charge in [0.2, 0.25) is 0 Å². The number of benzene rings is 2. The molecule has 5 nitrogen and oxygen atoms in total. The van der Waals surface area contributed by atoms with Crippen LogP contribution < -0.4 is 9.47 Å². The highest BCUT2D eigenvalue weighted by Crippen LogP contribution is 2.24. The van der Waals surface area contributed by atoms with Crippen molar-refractivity contribution >= 4 is 5.91 Å². The van der Waals surface area contributed by atoms with Crippen LogP contribution in [0, 0.1) is 5.82 Å². The van der Waals surface area contributed by atoms with Crippen LogP contribution in [0.1, 0.15) is 15.9 Å². The van der Waals surface area contributed by atoms with Crippen molar-refractivity contribution in [1.82, 2.24) is 9.80 Å². The van der Waals surface area contributed by atoms with Gasteiger partial charge in [-0.25, -0.2) is 4.39 Å². The topological polar surface area (TPSA) is 42.0 Å². The van der Waals surface area contributed by atoms with Crippen LogP contribution in [0.3, 0.4) is 0 Å². The number of methoxy groups -OCH3 is 2. The molecule has 140 valence electrons. The molecule has 0 spiro atoms. The molecule has 0 fully saturated rings. The summed E-state index contributed by atoms with van der Waals surface area (Å²) in [5.41, 5.74) is 0.922. The van der Waals surface area contributed by atoms with Crippen molar-refractivity contribution in [2.45, 2.75) is 6.54 Å². The minimum absolute atomic E-state index is 0.193. The lowest BCUT2D eigenvalue weighted by Gasteiger charge is -2.25. The van der Waals surface area contributed by atoms with E-state index in [-0.39, 0.29) is 18.3 Å². The number of rotatable bonds is 8. The molecule has 0 aliphatic rings. The van der Waals surface area contributed by atoms with Crippen LogP contribution in [0.2, 0.25) is 0 Å². The van der Waals surface area contributed by atoms with Gasteiger partial charge >= 0.3 is 0 Å². The lowest BCUT2D eigenvalue weighted by atomic mass is 10.1. The average Bonchev–Trinajstić information content (AvgIpc) is 2.65. The van der Waals surface area contributed by atoms with Gasteiger partial charge in [0.1, 0.15) is 17.3 Å². The molecule has 2 aromatic carbocycles. The second-order valence-electron chi connectivity index (χ2n) is 6.22. The Bertz CT molecular complexity index is 727. The minimum atomic E-state index is -0.321. The lowest BCUT2D eigenvalue weighted by molar-refractivity contribution is 0.0729. The highest BCUT2D eigenvalue weighted by Gasteiger charge is 2.19. The molecule has 0 aromatic heterocycles. The largest absolute Gasteiger partial charge is 0.497 e. The molecule has 0 aliphatic carbocycles. The van der Waals surface area contributed by atoms with E-state index in [1.54, 1.807) is 41.3 Å². The van der Waals surface area contributed by atoms with Crippen molar-refractivity contribution in [2.24, 2.45) is 0 Å². The first kappa shape index (κ1) is 19.7. The van der Waals surface area contributed by atoms with Gasteiger partial charge in [-0.05, 0) is 32.3 Å². The predicted molar refractivity (Wildman–Crippen MR) is 99.2 cm³/mol. The summed E-state index contributed by atoms with van der Waals surface area (Å²) >= 11 is 0. The number of amides is 1. The Morgan fingerprint density at radius 3 is 2.15 bits per heavy atom. The fourth-order valence-corrected chi connectivity index (χ4v) is 2.52. The van der Waals surface area contributed by atoms with Gasteiger partial charge in [-0.1, -0.05) is 18.2 Å². The van der Waals surface area contributed by atoms with Gasteiger partial charge in [-0.3, -0.25) is 4.79 Å². The summed E-state index contributed by atoms with van der Waals surface area (Å²) in [6.07, 6.45) is 0. The summed E-state index contributed by atoms with van der Waals surface area (Å²) in [5, 5.41) is 0. The Kier molecular flexibility index (Phi) is 6.97. The number of hydrogen-bond acceptors (Lipinski definition) is 4. The van der Waals surface area contributed by atoms with Gasteiger partial charge in [-0.2, -0.15) is 0 Å². The first-order valence-corrected chi connectivity index (χ1v) is 8.35. The molecule has 0 N–H and O–H groups in total. The monoisotopic (exact) mass is 360 g/mol. The zero-order valence-electron chi connectivity index (χ0n) is 15.7. The van der Waals surface area contributed by atoms with E-state index in [1.165, 1.54) is 20.3 Å². The number of ether oxygens (including phenoxy) is 2. The molecule has 0 saturated heterocycles. The SMILES string of the molecule is COc1cc(OC)cc(C(=O)N(CCN(C)C)Cc2ccccc2F)c1. The second-order valence-corrected chi connectivity index (χ2v) is 6.22. The molecular formula is C20H25FN2O3. The highest BCUT2D eigenvalue weighted by atomic mass is 19.1. The summed E-state index contributed by atoms with van der Waals surface area (Å²) in [4.78, 5) is 16.7. The van der Waals surface area contributed by atoms with Crippen molar-refractivity contribution in [3.8, 4) is 11.5 Å². The first-order valence-electron chi connectivity index (χ1n) is 8.35. The summed E-state index contributed by atoms with van der Waals surface area (Å²) in [5.74, 6) is 0.544. The van der Waals surface area contributed by atoms with Crippen LogP contribution in [-0.2, 0) is 6.54 Å². The van der Waals surface area contributed by atoms with Crippen molar-refractivity contribution in [1.29, 1.82) is 0 Å². The summed E-state index contributed by atoms with van der Waals surface area (Å²) in [7, 11) is 6.93. The van der Waals surface area contributed by atoms with Gasteiger partial charge in [0.05, 0.1) is 14.2 Å². The van der Waals surface area contributed by atoms with Gasteiger partial charge in [-0.15, -0.1) is 0 Å². The Morgan fingerprint density at radius 2 is 1.62 bits per heavy atom. The number of carbonyl (C=O) groups is 1. The number of likely N-dealkylation sites (N-methyl/N-ethyl adjacent to an activating group) is 1. The summed E-state index contributed by atoms with van der Waals surface area (Å²) in [6, 6.07) is 11.5. The fraction of sp³-hybridized carbons (Fsp3) is 0.350. The van der Waals surface area contributed by atoms with Crippen LogP contribution in [0.25, 0.3) is 0 Å². The highest BCUT2D eigenvalue weighted by molar-refractivity contribution is 5.95.